The SMILES string of the molecule is Cn1c(-c2ccc3c(c2)OCO3)nc(Br)c1CCN. The fraction of sp³-hybridized carbons (Fsp3) is 0.308. The van der Waals surface area contributed by atoms with Crippen molar-refractivity contribution >= 4 is 15.9 Å². The van der Waals surface area contributed by atoms with Crippen LogP contribution in [0.15, 0.2) is 22.8 Å². The van der Waals surface area contributed by atoms with Crippen molar-refractivity contribution in [3.63, 3.8) is 0 Å². The van der Waals surface area contributed by atoms with Gasteiger partial charge in [-0.05, 0) is 40.7 Å². The molecule has 1 aromatic carbocycles. The van der Waals surface area contributed by atoms with Crippen molar-refractivity contribution in [1.29, 1.82) is 0 Å². The van der Waals surface area contributed by atoms with E-state index in [1.54, 1.807) is 0 Å². The summed E-state index contributed by atoms with van der Waals surface area (Å²) in [6.45, 7) is 0.875. The Labute approximate surface area is 119 Å². The van der Waals surface area contributed by atoms with Gasteiger partial charge >= 0.3 is 0 Å². The number of nitrogens with two attached hydrogens (primary N) is 1. The van der Waals surface area contributed by atoms with Crippen LogP contribution in [0.3, 0.4) is 0 Å². The first-order chi connectivity index (χ1) is 9.20. The molecule has 1 aliphatic heterocycles. The van der Waals surface area contributed by atoms with Crippen LogP contribution in [0.2, 0.25) is 0 Å². The zero-order chi connectivity index (χ0) is 13.4. The van der Waals surface area contributed by atoms with Crippen LogP contribution in [-0.4, -0.2) is 22.9 Å². The fourth-order valence-corrected chi connectivity index (χ4v) is 2.83. The van der Waals surface area contributed by atoms with Crippen LogP contribution in [0.1, 0.15) is 5.69 Å². The lowest BCUT2D eigenvalue weighted by atomic mass is 10.2. The number of aromatic nitrogens is 2. The van der Waals surface area contributed by atoms with E-state index in [0.717, 1.165) is 39.6 Å². The van der Waals surface area contributed by atoms with Gasteiger partial charge in [0, 0.05) is 19.0 Å². The largest absolute Gasteiger partial charge is 0.454 e. The van der Waals surface area contributed by atoms with Crippen molar-refractivity contribution in [2.24, 2.45) is 12.8 Å². The van der Waals surface area contributed by atoms with Gasteiger partial charge in [0.2, 0.25) is 6.79 Å². The van der Waals surface area contributed by atoms with Crippen LogP contribution in [0.4, 0.5) is 0 Å². The van der Waals surface area contributed by atoms with Gasteiger partial charge in [-0.3, -0.25) is 0 Å². The Hall–Kier alpha value is -1.53. The van der Waals surface area contributed by atoms with Crippen LogP contribution in [0.5, 0.6) is 11.5 Å². The minimum absolute atomic E-state index is 0.279. The zero-order valence-electron chi connectivity index (χ0n) is 10.5. The summed E-state index contributed by atoms with van der Waals surface area (Å²) < 4.78 is 13.6. The highest BCUT2D eigenvalue weighted by molar-refractivity contribution is 9.10. The summed E-state index contributed by atoms with van der Waals surface area (Å²) in [4.78, 5) is 4.55. The Kier molecular flexibility index (Phi) is 3.20. The third kappa shape index (κ3) is 2.11. The van der Waals surface area contributed by atoms with Gasteiger partial charge in [0.1, 0.15) is 10.4 Å². The molecule has 2 heterocycles. The second-order valence-corrected chi connectivity index (χ2v) is 5.09. The first-order valence-electron chi connectivity index (χ1n) is 6.02. The minimum Gasteiger partial charge on any atom is -0.454 e. The number of ether oxygens (including phenoxy) is 2. The second kappa shape index (κ2) is 4.86. The highest BCUT2D eigenvalue weighted by Crippen LogP contribution is 2.36. The van der Waals surface area contributed by atoms with E-state index in [0.29, 0.717) is 6.54 Å². The number of rotatable bonds is 3. The molecule has 0 bridgehead atoms. The van der Waals surface area contributed by atoms with Gasteiger partial charge in [-0.2, -0.15) is 0 Å². The molecule has 2 aromatic rings. The van der Waals surface area contributed by atoms with Gasteiger partial charge < -0.3 is 19.8 Å². The highest BCUT2D eigenvalue weighted by atomic mass is 79.9. The van der Waals surface area contributed by atoms with Crippen molar-refractivity contribution < 1.29 is 9.47 Å². The van der Waals surface area contributed by atoms with Crippen molar-refractivity contribution in [2.75, 3.05) is 13.3 Å². The molecule has 100 valence electrons. The number of benzene rings is 1. The topological polar surface area (TPSA) is 62.3 Å². The lowest BCUT2D eigenvalue weighted by Gasteiger charge is -2.06. The molecule has 0 aliphatic carbocycles. The Morgan fingerprint density at radius 2 is 2.16 bits per heavy atom. The van der Waals surface area contributed by atoms with E-state index >= 15 is 0 Å². The number of hydrogen-bond donors (Lipinski definition) is 1. The number of hydrogen-bond acceptors (Lipinski definition) is 4. The van der Waals surface area contributed by atoms with E-state index in [4.69, 9.17) is 15.2 Å². The summed E-state index contributed by atoms with van der Waals surface area (Å²) in [5.74, 6) is 2.42. The van der Waals surface area contributed by atoms with Crippen LogP contribution in [-0.2, 0) is 13.5 Å². The van der Waals surface area contributed by atoms with Gasteiger partial charge in [0.25, 0.3) is 0 Å². The average Bonchev–Trinajstić information content (AvgIpc) is 2.97. The van der Waals surface area contributed by atoms with Crippen LogP contribution in [0, 0.1) is 0 Å². The standard InChI is InChI=1S/C13H14BrN3O2/c1-17-9(4-5-15)12(14)16-13(17)8-2-3-10-11(6-8)19-7-18-10/h2-3,6H,4-5,7,15H2,1H3. The first kappa shape index (κ1) is 12.5. The molecule has 3 rings (SSSR count). The lowest BCUT2D eigenvalue weighted by Crippen LogP contribution is -2.07. The molecular weight excluding hydrogens is 310 g/mol. The van der Waals surface area contributed by atoms with Gasteiger partial charge in [-0.25, -0.2) is 4.98 Å². The quantitative estimate of drug-likeness (QED) is 0.939. The van der Waals surface area contributed by atoms with E-state index in [-0.39, 0.29) is 6.79 Å². The molecule has 0 radical (unpaired) electrons. The molecular formula is C13H14BrN3O2. The molecule has 1 aromatic heterocycles. The second-order valence-electron chi connectivity index (χ2n) is 4.34. The molecule has 0 saturated carbocycles. The molecule has 0 unspecified atom stereocenters. The number of imidazole rings is 1. The minimum atomic E-state index is 0.279. The Morgan fingerprint density at radius 1 is 1.37 bits per heavy atom. The van der Waals surface area contributed by atoms with E-state index in [2.05, 4.69) is 25.5 Å². The number of fused-ring (bicyclic) bond motifs is 1. The average molecular weight is 324 g/mol. The summed E-state index contributed by atoms with van der Waals surface area (Å²) in [7, 11) is 1.99. The maximum Gasteiger partial charge on any atom is 0.231 e. The van der Waals surface area contributed by atoms with Crippen molar-refractivity contribution in [1.82, 2.24) is 9.55 Å². The third-order valence-corrected chi connectivity index (χ3v) is 3.81. The number of halogens is 1. The van der Waals surface area contributed by atoms with Crippen LogP contribution >= 0.6 is 15.9 Å². The van der Waals surface area contributed by atoms with Gasteiger partial charge in [0.05, 0.1) is 5.69 Å². The van der Waals surface area contributed by atoms with Crippen LogP contribution in [0.25, 0.3) is 11.4 Å². The molecule has 0 atom stereocenters. The van der Waals surface area contributed by atoms with Crippen molar-refractivity contribution in [3.05, 3.63) is 28.5 Å². The maximum absolute atomic E-state index is 5.62. The molecule has 0 spiro atoms. The monoisotopic (exact) mass is 323 g/mol. The molecule has 6 heteroatoms. The Balaban J connectivity index is 2.05. The summed E-state index contributed by atoms with van der Waals surface area (Å²) in [6.07, 6.45) is 0.786. The van der Waals surface area contributed by atoms with Gasteiger partial charge in [0.15, 0.2) is 11.5 Å². The van der Waals surface area contributed by atoms with E-state index in [1.807, 2.05) is 25.2 Å². The molecule has 2 N–H and O–H groups in total. The number of nitrogens with zero attached hydrogens (tertiary/aromatic N) is 2. The third-order valence-electron chi connectivity index (χ3n) is 3.18. The van der Waals surface area contributed by atoms with Gasteiger partial charge in [-0.1, -0.05) is 0 Å². The van der Waals surface area contributed by atoms with E-state index in [1.165, 1.54) is 0 Å². The summed E-state index contributed by atoms with van der Waals surface area (Å²) in [6, 6.07) is 5.83. The smallest absolute Gasteiger partial charge is 0.231 e. The van der Waals surface area contributed by atoms with Crippen LogP contribution < -0.4 is 15.2 Å². The first-order valence-corrected chi connectivity index (χ1v) is 6.81. The summed E-state index contributed by atoms with van der Waals surface area (Å²) >= 11 is 3.49. The lowest BCUT2D eigenvalue weighted by molar-refractivity contribution is 0.174. The predicted molar refractivity (Wildman–Crippen MR) is 75.2 cm³/mol. The van der Waals surface area contributed by atoms with Crippen molar-refractivity contribution in [2.45, 2.75) is 6.42 Å². The molecule has 1 aliphatic rings. The predicted octanol–water partition coefficient (Wildman–Crippen LogP) is 2.08. The molecule has 0 amide bonds. The molecule has 0 saturated heterocycles. The normalized spacial score (nSPS) is 13.0. The fourth-order valence-electron chi connectivity index (χ4n) is 2.20. The van der Waals surface area contributed by atoms with Crippen molar-refractivity contribution in [3.8, 4) is 22.9 Å². The van der Waals surface area contributed by atoms with E-state index < -0.39 is 0 Å². The summed E-state index contributed by atoms with van der Waals surface area (Å²) in [5, 5.41) is 0. The zero-order valence-corrected chi connectivity index (χ0v) is 12.1. The Morgan fingerprint density at radius 3 is 2.95 bits per heavy atom. The molecule has 5 nitrogen and oxygen atoms in total. The van der Waals surface area contributed by atoms with E-state index in [9.17, 15) is 0 Å². The Bertz CT molecular complexity index is 625. The molecule has 19 heavy (non-hydrogen) atoms. The molecule has 0 fully saturated rings. The van der Waals surface area contributed by atoms with Gasteiger partial charge in [-0.15, -0.1) is 0 Å². The maximum atomic E-state index is 5.62. The summed E-state index contributed by atoms with van der Waals surface area (Å²) in [5.41, 5.74) is 7.71. The highest BCUT2D eigenvalue weighted by Gasteiger charge is 2.18.